The zero-order valence-electron chi connectivity index (χ0n) is 17.2. The zero-order chi connectivity index (χ0) is 22.8. The van der Waals surface area contributed by atoms with Gasteiger partial charge < -0.3 is 14.9 Å². The van der Waals surface area contributed by atoms with Crippen molar-refractivity contribution < 1.29 is 18.8 Å². The molecule has 0 saturated carbocycles. The highest BCUT2D eigenvalue weighted by Gasteiger charge is 2.23. The summed E-state index contributed by atoms with van der Waals surface area (Å²) in [6, 6.07) is 7.41. The fraction of sp³-hybridized carbons (Fsp3) is 0.333. The maximum absolute atomic E-state index is 14.0. The molecule has 0 unspecified atom stereocenters. The second kappa shape index (κ2) is 8.88. The average Bonchev–Trinajstić information content (AvgIpc) is 3.30. The van der Waals surface area contributed by atoms with Crippen molar-refractivity contribution in [1.82, 2.24) is 20.3 Å². The third-order valence-electron chi connectivity index (χ3n) is 4.46. The molecule has 2 heterocycles. The fourth-order valence-corrected chi connectivity index (χ4v) is 3.20. The minimum absolute atomic E-state index is 0.0112. The predicted octanol–water partition coefficient (Wildman–Crippen LogP) is 3.18. The summed E-state index contributed by atoms with van der Waals surface area (Å²) in [6.45, 7) is 5.34. The first-order valence-corrected chi connectivity index (χ1v) is 9.85. The highest BCUT2D eigenvalue weighted by atomic mass is 35.5. The molecule has 3 aromatic rings. The van der Waals surface area contributed by atoms with Crippen molar-refractivity contribution in [2.45, 2.75) is 45.4 Å². The third kappa shape index (κ3) is 5.48. The van der Waals surface area contributed by atoms with Crippen LogP contribution in [-0.4, -0.2) is 32.0 Å². The largest absolute Gasteiger partial charge is 0.382 e. The van der Waals surface area contributed by atoms with Gasteiger partial charge in [-0.05, 0) is 39.0 Å². The number of carbonyl (C=O) groups excluding carboxylic acids is 1. The monoisotopic (exact) mass is 445 g/mol. The van der Waals surface area contributed by atoms with Crippen molar-refractivity contribution in [3.8, 4) is 17.3 Å². The Labute approximate surface area is 183 Å². The maximum Gasteiger partial charge on any atom is 0.226 e. The van der Waals surface area contributed by atoms with E-state index in [1.807, 2.05) is 6.92 Å². The molecule has 162 valence electrons. The van der Waals surface area contributed by atoms with E-state index in [1.165, 1.54) is 12.1 Å². The number of nitriles is 1. The van der Waals surface area contributed by atoms with Crippen molar-refractivity contribution in [3.05, 3.63) is 58.3 Å². The summed E-state index contributed by atoms with van der Waals surface area (Å²) in [7, 11) is 0. The van der Waals surface area contributed by atoms with E-state index < -0.39 is 11.4 Å². The molecule has 1 atom stereocenters. The van der Waals surface area contributed by atoms with Crippen molar-refractivity contribution in [2.75, 3.05) is 0 Å². The molecule has 1 amide bonds. The molecular weight excluding hydrogens is 425 g/mol. The van der Waals surface area contributed by atoms with E-state index in [9.17, 15) is 14.3 Å². The number of carbonyl (C=O) groups is 1. The number of nitrogens with one attached hydrogen (secondary N) is 1. The van der Waals surface area contributed by atoms with Gasteiger partial charge in [-0.3, -0.25) is 9.48 Å². The molecule has 0 bridgehead atoms. The topological polar surface area (TPSA) is 117 Å². The lowest BCUT2D eigenvalue weighted by Gasteiger charge is -2.13. The van der Waals surface area contributed by atoms with E-state index in [4.69, 9.17) is 21.4 Å². The van der Waals surface area contributed by atoms with E-state index in [1.54, 1.807) is 42.9 Å². The zero-order valence-corrected chi connectivity index (χ0v) is 17.9. The number of rotatable bonds is 7. The second-order valence-electron chi connectivity index (χ2n) is 7.74. The first kappa shape index (κ1) is 22.5. The molecule has 0 saturated heterocycles. The summed E-state index contributed by atoms with van der Waals surface area (Å²) in [5.74, 6) is -0.677. The van der Waals surface area contributed by atoms with Crippen LogP contribution in [0, 0.1) is 17.1 Å². The molecule has 2 aromatic heterocycles. The average molecular weight is 446 g/mol. The molecule has 0 spiro atoms. The van der Waals surface area contributed by atoms with Crippen LogP contribution in [0.4, 0.5) is 4.39 Å². The third-order valence-corrected chi connectivity index (χ3v) is 4.76. The first-order valence-electron chi connectivity index (χ1n) is 9.47. The molecule has 2 N–H and O–H groups in total. The van der Waals surface area contributed by atoms with Crippen LogP contribution in [0.25, 0.3) is 11.3 Å². The van der Waals surface area contributed by atoms with Gasteiger partial charge >= 0.3 is 0 Å². The molecule has 0 aliphatic carbocycles. The van der Waals surface area contributed by atoms with Crippen molar-refractivity contribution in [2.24, 2.45) is 0 Å². The smallest absolute Gasteiger partial charge is 0.226 e. The van der Waals surface area contributed by atoms with E-state index in [0.717, 1.165) is 0 Å². The Morgan fingerprint density at radius 2 is 2.19 bits per heavy atom. The Hall–Kier alpha value is -3.22. The molecule has 0 fully saturated rings. The van der Waals surface area contributed by atoms with Crippen LogP contribution in [0.3, 0.4) is 0 Å². The first-order chi connectivity index (χ1) is 14.6. The van der Waals surface area contributed by atoms with Gasteiger partial charge in [-0.25, -0.2) is 4.39 Å². The number of hydrogen-bond acceptors (Lipinski definition) is 6. The number of aliphatic hydroxyl groups is 1. The molecular formula is C21H21ClFN5O3. The van der Waals surface area contributed by atoms with Crippen LogP contribution in [-0.2, 0) is 23.4 Å². The van der Waals surface area contributed by atoms with Gasteiger partial charge in [0.05, 0.1) is 29.4 Å². The minimum atomic E-state index is -1.17. The lowest BCUT2D eigenvalue weighted by atomic mass is 10.1. The molecule has 10 heteroatoms. The van der Waals surface area contributed by atoms with E-state index >= 15 is 0 Å². The summed E-state index contributed by atoms with van der Waals surface area (Å²) < 4.78 is 20.7. The minimum Gasteiger partial charge on any atom is -0.382 e. The highest BCUT2D eigenvalue weighted by Crippen LogP contribution is 2.27. The number of hydrogen-bond donors (Lipinski definition) is 2. The van der Waals surface area contributed by atoms with Gasteiger partial charge in [0.1, 0.15) is 23.1 Å². The summed E-state index contributed by atoms with van der Waals surface area (Å²) in [5, 5.41) is 29.9. The number of nitrogens with zero attached hydrogens (tertiary/aromatic N) is 4. The van der Waals surface area contributed by atoms with Gasteiger partial charge in [-0.1, -0.05) is 16.8 Å². The van der Waals surface area contributed by atoms with E-state index in [-0.39, 0.29) is 34.7 Å². The van der Waals surface area contributed by atoms with Crippen LogP contribution in [0.15, 0.2) is 35.0 Å². The lowest BCUT2D eigenvalue weighted by Crippen LogP contribution is -2.36. The Balaban J connectivity index is 1.60. The van der Waals surface area contributed by atoms with Gasteiger partial charge in [-0.15, -0.1) is 0 Å². The van der Waals surface area contributed by atoms with Crippen LogP contribution in [0.5, 0.6) is 0 Å². The van der Waals surface area contributed by atoms with E-state index in [0.29, 0.717) is 23.5 Å². The Bertz CT molecular complexity index is 1120. The van der Waals surface area contributed by atoms with Crippen LogP contribution >= 0.6 is 11.6 Å². The van der Waals surface area contributed by atoms with Crippen LogP contribution in [0.1, 0.15) is 37.8 Å². The van der Waals surface area contributed by atoms with Gasteiger partial charge in [0.15, 0.2) is 5.76 Å². The Morgan fingerprint density at radius 1 is 1.45 bits per heavy atom. The second-order valence-corrected chi connectivity index (χ2v) is 8.14. The molecule has 8 nitrogen and oxygen atoms in total. The molecule has 0 aliphatic heterocycles. The van der Waals surface area contributed by atoms with Crippen molar-refractivity contribution in [1.29, 1.82) is 5.26 Å². The Kier molecular flexibility index (Phi) is 6.43. The molecule has 0 radical (unpaired) electrons. The summed E-state index contributed by atoms with van der Waals surface area (Å²) in [6.07, 6.45) is 1.71. The molecule has 3 rings (SSSR count). The van der Waals surface area contributed by atoms with Crippen molar-refractivity contribution in [3.63, 3.8) is 0 Å². The summed E-state index contributed by atoms with van der Waals surface area (Å²) in [4.78, 5) is 12.3. The van der Waals surface area contributed by atoms with Crippen LogP contribution in [0.2, 0.25) is 5.02 Å². The predicted molar refractivity (Wildman–Crippen MR) is 110 cm³/mol. The Morgan fingerprint density at radius 3 is 2.81 bits per heavy atom. The van der Waals surface area contributed by atoms with E-state index in [2.05, 4.69) is 15.6 Å². The lowest BCUT2D eigenvalue weighted by molar-refractivity contribution is -0.121. The number of amides is 1. The fourth-order valence-electron chi connectivity index (χ4n) is 2.95. The number of aromatic nitrogens is 3. The van der Waals surface area contributed by atoms with Crippen molar-refractivity contribution >= 4 is 17.5 Å². The SMILES string of the molecule is C[C@@H](Cn1ccc(-c2cc(F)c(C#N)c(Cl)c2)n1)NC(=O)Cc1cc(C(C)(C)O)on1. The maximum atomic E-state index is 14.0. The van der Waals surface area contributed by atoms with Crippen LogP contribution < -0.4 is 5.32 Å². The van der Waals surface area contributed by atoms with Gasteiger partial charge in [0, 0.05) is 23.9 Å². The van der Waals surface area contributed by atoms with Gasteiger partial charge in [-0.2, -0.15) is 10.4 Å². The highest BCUT2D eigenvalue weighted by molar-refractivity contribution is 6.32. The summed E-state index contributed by atoms with van der Waals surface area (Å²) in [5.41, 5.74) is -0.0171. The molecule has 31 heavy (non-hydrogen) atoms. The number of halogens is 2. The normalized spacial score (nSPS) is 12.4. The number of benzene rings is 1. The van der Waals surface area contributed by atoms with Gasteiger partial charge in [0.25, 0.3) is 0 Å². The van der Waals surface area contributed by atoms with Gasteiger partial charge in [0.2, 0.25) is 5.91 Å². The quantitative estimate of drug-likeness (QED) is 0.576. The standard InChI is InChI=1S/C21H21ClFN5O3/c1-12(25-20(29)9-14-8-19(31-27-14)21(2,3)30)11-28-5-4-18(26-28)13-6-16(22)15(10-24)17(23)7-13/h4-8,12,30H,9,11H2,1-3H3,(H,25,29)/t12-/m0/s1. The molecule has 0 aliphatic rings. The summed E-state index contributed by atoms with van der Waals surface area (Å²) >= 11 is 5.96. The molecule has 1 aromatic carbocycles.